The quantitative estimate of drug-likeness (QED) is 0.675. The molecule has 3 aromatic rings. The molecule has 2 aromatic carbocycles. The van der Waals surface area contributed by atoms with Gasteiger partial charge in [0.2, 0.25) is 0 Å². The van der Waals surface area contributed by atoms with Crippen molar-refractivity contribution in [1.29, 1.82) is 0 Å². The number of carbonyl (C=O) groups excluding carboxylic acids is 1. The van der Waals surface area contributed by atoms with Gasteiger partial charge in [-0.15, -0.1) is 0 Å². The van der Waals surface area contributed by atoms with Gasteiger partial charge in [0, 0.05) is 17.3 Å². The fraction of sp³-hybridized carbons (Fsp3) is 0.100. The van der Waals surface area contributed by atoms with Gasteiger partial charge in [0.25, 0.3) is 0 Å². The highest BCUT2D eigenvalue weighted by Crippen LogP contribution is 2.35. The van der Waals surface area contributed by atoms with Crippen LogP contribution in [0.25, 0.3) is 23.0 Å². The van der Waals surface area contributed by atoms with E-state index >= 15 is 0 Å². The molecule has 1 aliphatic rings. The number of hydrogen-bond acceptors (Lipinski definition) is 5. The Morgan fingerprint density at radius 1 is 1.08 bits per heavy atom. The Morgan fingerprint density at radius 3 is 2.62 bits per heavy atom. The fourth-order valence-corrected chi connectivity index (χ4v) is 2.80. The lowest BCUT2D eigenvalue weighted by molar-refractivity contribution is -0.297. The number of carboxylic acid groups (broad SMARTS) is 1. The molecule has 0 unspecified atom stereocenters. The van der Waals surface area contributed by atoms with E-state index in [1.807, 2.05) is 48.5 Å². The largest absolute Gasteiger partial charge is 0.545 e. The molecule has 0 bridgehead atoms. The van der Waals surface area contributed by atoms with E-state index in [1.54, 1.807) is 10.9 Å². The zero-order valence-corrected chi connectivity index (χ0v) is 13.8. The number of para-hydroxylation sites is 1. The van der Waals surface area contributed by atoms with Crippen LogP contribution in [0.5, 0.6) is 11.5 Å². The summed E-state index contributed by atoms with van der Waals surface area (Å²) >= 11 is 0. The number of fused-ring (bicyclic) bond motifs is 1. The zero-order valence-electron chi connectivity index (χ0n) is 13.8. The van der Waals surface area contributed by atoms with Crippen LogP contribution in [0.1, 0.15) is 5.56 Å². The van der Waals surface area contributed by atoms with Crippen molar-refractivity contribution < 1.29 is 19.4 Å². The lowest BCUT2D eigenvalue weighted by Crippen LogP contribution is -2.18. The molecule has 6 heteroatoms. The second kappa shape index (κ2) is 6.76. The molecule has 0 N–H and O–H groups in total. The molecule has 0 saturated carbocycles. The number of rotatable bonds is 4. The van der Waals surface area contributed by atoms with Gasteiger partial charge in [0.05, 0.1) is 11.7 Å². The first-order valence-corrected chi connectivity index (χ1v) is 8.15. The number of aliphatic carboxylic acids is 1. The Kier molecular flexibility index (Phi) is 4.15. The molecule has 130 valence electrons. The highest BCUT2D eigenvalue weighted by Gasteiger charge is 2.16. The van der Waals surface area contributed by atoms with E-state index < -0.39 is 5.97 Å². The van der Waals surface area contributed by atoms with Gasteiger partial charge < -0.3 is 19.4 Å². The first-order valence-electron chi connectivity index (χ1n) is 8.15. The van der Waals surface area contributed by atoms with Gasteiger partial charge in [-0.3, -0.25) is 0 Å². The number of benzene rings is 2. The molecule has 1 aliphatic heterocycles. The Balaban J connectivity index is 1.81. The average molecular weight is 347 g/mol. The molecule has 1 aromatic heterocycles. The summed E-state index contributed by atoms with van der Waals surface area (Å²) in [5.74, 6) is 0.0812. The standard InChI is InChI=1S/C20H16N2O4/c23-19(24)9-7-15-13-22(16-4-2-1-3-5-16)21-20(15)14-6-8-17-18(12-14)26-11-10-25-17/h1-9,12-13H,10-11H2,(H,23,24)/p-1/b9-7+. The third kappa shape index (κ3) is 3.17. The number of carbonyl (C=O) groups is 1. The molecule has 0 atom stereocenters. The van der Waals surface area contributed by atoms with E-state index in [0.717, 1.165) is 17.3 Å². The lowest BCUT2D eigenvalue weighted by Gasteiger charge is -2.18. The van der Waals surface area contributed by atoms with Crippen molar-refractivity contribution in [2.45, 2.75) is 0 Å². The zero-order chi connectivity index (χ0) is 17.9. The maximum Gasteiger partial charge on any atom is 0.162 e. The second-order valence-electron chi connectivity index (χ2n) is 5.72. The fourth-order valence-electron chi connectivity index (χ4n) is 2.80. The second-order valence-corrected chi connectivity index (χ2v) is 5.72. The van der Waals surface area contributed by atoms with Crippen LogP contribution in [-0.4, -0.2) is 29.0 Å². The molecule has 0 saturated heterocycles. The van der Waals surface area contributed by atoms with Crippen molar-refractivity contribution in [3.8, 4) is 28.4 Å². The normalized spacial score (nSPS) is 13.1. The number of aromatic nitrogens is 2. The first kappa shape index (κ1) is 16.0. The molecule has 4 rings (SSSR count). The van der Waals surface area contributed by atoms with Crippen LogP contribution < -0.4 is 14.6 Å². The summed E-state index contributed by atoms with van der Waals surface area (Å²) < 4.78 is 12.9. The monoisotopic (exact) mass is 347 g/mol. The molecule has 0 amide bonds. The van der Waals surface area contributed by atoms with Crippen LogP contribution in [-0.2, 0) is 4.79 Å². The van der Waals surface area contributed by atoms with Crippen LogP contribution >= 0.6 is 0 Å². The summed E-state index contributed by atoms with van der Waals surface area (Å²) in [6.45, 7) is 1.01. The molecular weight excluding hydrogens is 332 g/mol. The molecule has 26 heavy (non-hydrogen) atoms. The van der Waals surface area contributed by atoms with Gasteiger partial charge >= 0.3 is 0 Å². The predicted octanol–water partition coefficient (Wildman–Crippen LogP) is 2.07. The maximum absolute atomic E-state index is 10.8. The third-order valence-electron chi connectivity index (χ3n) is 3.98. The smallest absolute Gasteiger partial charge is 0.162 e. The van der Waals surface area contributed by atoms with Crippen LogP contribution in [0.4, 0.5) is 0 Å². The minimum Gasteiger partial charge on any atom is -0.545 e. The molecular formula is C20H15N2O4-. The molecule has 0 radical (unpaired) electrons. The first-order chi connectivity index (χ1) is 12.7. The van der Waals surface area contributed by atoms with E-state index in [9.17, 15) is 9.90 Å². The van der Waals surface area contributed by atoms with Crippen molar-refractivity contribution in [3.63, 3.8) is 0 Å². The molecule has 0 fully saturated rings. The predicted molar refractivity (Wildman–Crippen MR) is 94.0 cm³/mol. The van der Waals surface area contributed by atoms with Gasteiger partial charge in [-0.1, -0.05) is 18.2 Å². The van der Waals surface area contributed by atoms with E-state index in [-0.39, 0.29) is 0 Å². The van der Waals surface area contributed by atoms with E-state index in [1.165, 1.54) is 6.08 Å². The highest BCUT2D eigenvalue weighted by molar-refractivity contribution is 5.86. The summed E-state index contributed by atoms with van der Waals surface area (Å²) in [5.41, 5.74) is 2.99. The summed E-state index contributed by atoms with van der Waals surface area (Å²) in [7, 11) is 0. The minimum absolute atomic E-state index is 0.492. The average Bonchev–Trinajstić information content (AvgIpc) is 3.11. The summed E-state index contributed by atoms with van der Waals surface area (Å²) in [6, 6.07) is 15.2. The van der Waals surface area contributed by atoms with Gasteiger partial charge in [0.1, 0.15) is 18.9 Å². The SMILES string of the molecule is O=C([O-])/C=C/c1cn(-c2ccccc2)nc1-c1ccc2c(c1)OCCO2. The van der Waals surface area contributed by atoms with Crippen molar-refractivity contribution in [2.24, 2.45) is 0 Å². The van der Waals surface area contributed by atoms with E-state index in [2.05, 4.69) is 5.10 Å². The Morgan fingerprint density at radius 2 is 1.85 bits per heavy atom. The summed E-state index contributed by atoms with van der Waals surface area (Å²) in [6.07, 6.45) is 4.25. The Labute approximate surface area is 149 Å². The topological polar surface area (TPSA) is 76.4 Å². The van der Waals surface area contributed by atoms with Gasteiger partial charge in [-0.05, 0) is 42.5 Å². The molecule has 0 aliphatic carbocycles. The van der Waals surface area contributed by atoms with E-state index in [4.69, 9.17) is 9.47 Å². The summed E-state index contributed by atoms with van der Waals surface area (Å²) in [4.78, 5) is 10.8. The molecule has 2 heterocycles. The molecule has 0 spiro atoms. The number of hydrogen-bond donors (Lipinski definition) is 0. The van der Waals surface area contributed by atoms with Crippen molar-refractivity contribution >= 4 is 12.0 Å². The minimum atomic E-state index is -1.26. The third-order valence-corrected chi connectivity index (χ3v) is 3.98. The number of ether oxygens (including phenoxy) is 2. The molecule has 6 nitrogen and oxygen atoms in total. The van der Waals surface area contributed by atoms with Gasteiger partial charge in [-0.2, -0.15) is 5.10 Å². The van der Waals surface area contributed by atoms with Crippen LogP contribution in [0.15, 0.2) is 60.8 Å². The van der Waals surface area contributed by atoms with E-state index in [0.29, 0.717) is 36.0 Å². The van der Waals surface area contributed by atoms with Crippen LogP contribution in [0.3, 0.4) is 0 Å². The highest BCUT2D eigenvalue weighted by atomic mass is 16.6. The maximum atomic E-state index is 10.8. The number of carboxylic acids is 1. The van der Waals surface area contributed by atoms with Crippen molar-refractivity contribution in [3.05, 3.63) is 66.4 Å². The Hall–Kier alpha value is -3.54. The summed E-state index contributed by atoms with van der Waals surface area (Å²) in [5, 5.41) is 15.5. The lowest BCUT2D eigenvalue weighted by atomic mass is 10.1. The Bertz CT molecular complexity index is 977. The van der Waals surface area contributed by atoms with Crippen molar-refractivity contribution in [2.75, 3.05) is 13.2 Å². The van der Waals surface area contributed by atoms with Crippen LogP contribution in [0, 0.1) is 0 Å². The van der Waals surface area contributed by atoms with Gasteiger partial charge in [0.15, 0.2) is 11.5 Å². The van der Waals surface area contributed by atoms with Crippen LogP contribution in [0.2, 0.25) is 0 Å². The number of nitrogens with zero attached hydrogens (tertiary/aromatic N) is 2. The van der Waals surface area contributed by atoms with Crippen molar-refractivity contribution in [1.82, 2.24) is 9.78 Å². The van der Waals surface area contributed by atoms with Gasteiger partial charge in [-0.25, -0.2) is 4.68 Å².